The molecular weight excluding hydrogens is 308 g/mol. The minimum Gasteiger partial charge on any atom is -0.492 e. The Kier molecular flexibility index (Phi) is 4.38. The molecule has 120 valence electrons. The van der Waals surface area contributed by atoms with Gasteiger partial charge in [-0.05, 0) is 30.7 Å². The Morgan fingerprint density at radius 1 is 1.33 bits per heavy atom. The van der Waals surface area contributed by atoms with Crippen LogP contribution in [0.2, 0.25) is 0 Å². The number of hydrogen-bond donors (Lipinski definition) is 1. The number of aryl methyl sites for hydroxylation is 1. The first kappa shape index (κ1) is 15.5. The molecule has 1 N–H and O–H groups in total. The van der Waals surface area contributed by atoms with Crippen molar-refractivity contribution in [3.05, 3.63) is 69.1 Å². The normalized spacial score (nSPS) is 10.5. The zero-order valence-electron chi connectivity index (χ0n) is 12.7. The van der Waals surface area contributed by atoms with Crippen molar-refractivity contribution in [2.45, 2.75) is 13.0 Å². The highest BCUT2D eigenvalue weighted by Gasteiger charge is 2.07. The molecule has 0 radical (unpaired) electrons. The fraction of sp³-hybridized carbons (Fsp3) is 0.176. The predicted octanol–water partition coefficient (Wildman–Crippen LogP) is 1.43. The van der Waals surface area contributed by atoms with Gasteiger partial charge in [0.1, 0.15) is 17.4 Å². The van der Waals surface area contributed by atoms with Gasteiger partial charge in [-0.15, -0.1) is 0 Å². The number of aromatic nitrogens is 3. The van der Waals surface area contributed by atoms with E-state index in [9.17, 15) is 9.59 Å². The Hall–Kier alpha value is -3.40. The number of nitriles is 1. The number of aromatic amines is 1. The summed E-state index contributed by atoms with van der Waals surface area (Å²) in [7, 11) is 0. The molecule has 0 saturated carbocycles. The van der Waals surface area contributed by atoms with E-state index in [1.807, 2.05) is 6.07 Å². The molecular formula is C17H14N4O3. The number of rotatable bonds is 5. The molecule has 0 unspecified atom stereocenters. The lowest BCUT2D eigenvalue weighted by Crippen LogP contribution is -2.22. The Balaban J connectivity index is 1.74. The first-order valence-corrected chi connectivity index (χ1v) is 7.38. The van der Waals surface area contributed by atoms with E-state index in [1.165, 1.54) is 10.6 Å². The molecule has 7 nitrogen and oxygen atoms in total. The summed E-state index contributed by atoms with van der Waals surface area (Å²) in [5.74, 6) is 0.680. The fourth-order valence-corrected chi connectivity index (χ4v) is 2.36. The minimum atomic E-state index is -0.493. The zero-order chi connectivity index (χ0) is 16.9. The topological polar surface area (TPSA) is 101 Å². The highest BCUT2D eigenvalue weighted by molar-refractivity contribution is 5.78. The van der Waals surface area contributed by atoms with Gasteiger partial charge in [0, 0.05) is 18.9 Å². The van der Waals surface area contributed by atoms with Crippen LogP contribution < -0.4 is 15.9 Å². The average molecular weight is 322 g/mol. The second kappa shape index (κ2) is 6.79. The molecule has 0 aliphatic heterocycles. The molecule has 7 heteroatoms. The third-order valence-electron chi connectivity index (χ3n) is 3.55. The van der Waals surface area contributed by atoms with Crippen molar-refractivity contribution in [2.24, 2.45) is 0 Å². The van der Waals surface area contributed by atoms with Crippen molar-refractivity contribution in [1.82, 2.24) is 14.5 Å². The third kappa shape index (κ3) is 3.17. The smallest absolute Gasteiger partial charge is 0.266 e. The van der Waals surface area contributed by atoms with Crippen LogP contribution in [0, 0.1) is 11.3 Å². The summed E-state index contributed by atoms with van der Waals surface area (Å²) in [6, 6.07) is 8.38. The van der Waals surface area contributed by atoms with Crippen LogP contribution in [-0.2, 0) is 6.54 Å². The monoisotopic (exact) mass is 322 g/mol. The maximum atomic E-state index is 12.5. The number of H-pyrrole nitrogens is 1. The Morgan fingerprint density at radius 2 is 2.21 bits per heavy atom. The maximum absolute atomic E-state index is 12.5. The highest BCUT2D eigenvalue weighted by Crippen LogP contribution is 2.08. The predicted molar refractivity (Wildman–Crippen MR) is 87.9 cm³/mol. The van der Waals surface area contributed by atoms with Crippen molar-refractivity contribution in [3.8, 4) is 11.8 Å². The van der Waals surface area contributed by atoms with Crippen LogP contribution in [0.4, 0.5) is 0 Å². The first-order valence-electron chi connectivity index (χ1n) is 7.38. The quantitative estimate of drug-likeness (QED) is 0.716. The highest BCUT2D eigenvalue weighted by atomic mass is 16.5. The van der Waals surface area contributed by atoms with E-state index in [2.05, 4.69) is 9.97 Å². The van der Waals surface area contributed by atoms with E-state index >= 15 is 0 Å². The molecule has 0 spiro atoms. The molecule has 3 rings (SSSR count). The summed E-state index contributed by atoms with van der Waals surface area (Å²) in [5.41, 5.74) is -0.391. The lowest BCUT2D eigenvalue weighted by molar-refractivity contribution is 0.300. The van der Waals surface area contributed by atoms with Crippen molar-refractivity contribution >= 4 is 10.9 Å². The van der Waals surface area contributed by atoms with Gasteiger partial charge in [0.05, 0.1) is 23.7 Å². The maximum Gasteiger partial charge on any atom is 0.266 e. The largest absolute Gasteiger partial charge is 0.492 e. The molecule has 3 aromatic rings. The van der Waals surface area contributed by atoms with Crippen LogP contribution in [0.1, 0.15) is 12.0 Å². The van der Waals surface area contributed by atoms with Gasteiger partial charge in [0.2, 0.25) is 0 Å². The number of nitrogens with zero attached hydrogens (tertiary/aromatic N) is 3. The van der Waals surface area contributed by atoms with Gasteiger partial charge < -0.3 is 14.3 Å². The molecule has 3 heterocycles. The standard InChI is InChI=1S/C17H14N4O3/c18-10-12-9-14-15(20-16(12)22)4-7-21(17(14)23)6-2-8-24-13-3-1-5-19-11-13/h1,3-5,7,9,11H,2,6,8H2,(H,20,22). The molecule has 0 fully saturated rings. The molecule has 0 atom stereocenters. The summed E-state index contributed by atoms with van der Waals surface area (Å²) in [4.78, 5) is 30.6. The van der Waals surface area contributed by atoms with Gasteiger partial charge in [-0.2, -0.15) is 5.26 Å². The Bertz CT molecular complexity index is 1020. The Morgan fingerprint density at radius 3 is 2.96 bits per heavy atom. The number of pyridine rings is 3. The average Bonchev–Trinajstić information content (AvgIpc) is 2.61. The van der Waals surface area contributed by atoms with Crippen LogP contribution in [0.15, 0.2) is 52.4 Å². The van der Waals surface area contributed by atoms with Gasteiger partial charge in [-0.1, -0.05) is 0 Å². The van der Waals surface area contributed by atoms with Gasteiger partial charge >= 0.3 is 0 Å². The molecule has 0 bridgehead atoms. The van der Waals surface area contributed by atoms with E-state index < -0.39 is 5.56 Å². The minimum absolute atomic E-state index is 0.0720. The van der Waals surface area contributed by atoms with E-state index in [0.29, 0.717) is 36.2 Å². The van der Waals surface area contributed by atoms with E-state index in [-0.39, 0.29) is 11.1 Å². The second-order valence-corrected chi connectivity index (χ2v) is 5.16. The summed E-state index contributed by atoms with van der Waals surface area (Å²) >= 11 is 0. The summed E-state index contributed by atoms with van der Waals surface area (Å²) < 4.78 is 7.08. The SMILES string of the molecule is N#Cc1cc2c(=O)n(CCCOc3cccnc3)ccc2[nH]c1=O. The molecule has 0 aliphatic rings. The van der Waals surface area contributed by atoms with E-state index in [0.717, 1.165) is 0 Å². The van der Waals surface area contributed by atoms with Crippen LogP contribution >= 0.6 is 0 Å². The van der Waals surface area contributed by atoms with Crippen molar-refractivity contribution in [3.63, 3.8) is 0 Å². The lowest BCUT2D eigenvalue weighted by Gasteiger charge is -2.08. The van der Waals surface area contributed by atoms with Gasteiger partial charge in [0.25, 0.3) is 11.1 Å². The lowest BCUT2D eigenvalue weighted by atomic mass is 10.2. The van der Waals surface area contributed by atoms with Gasteiger partial charge in [-0.25, -0.2) is 0 Å². The van der Waals surface area contributed by atoms with Gasteiger partial charge in [0.15, 0.2) is 0 Å². The van der Waals surface area contributed by atoms with Crippen molar-refractivity contribution in [1.29, 1.82) is 5.26 Å². The molecule has 0 amide bonds. The van der Waals surface area contributed by atoms with Crippen LogP contribution in [-0.4, -0.2) is 21.1 Å². The van der Waals surface area contributed by atoms with Crippen LogP contribution in [0.5, 0.6) is 5.75 Å². The van der Waals surface area contributed by atoms with E-state index in [1.54, 1.807) is 36.8 Å². The number of ether oxygens (including phenoxy) is 1. The van der Waals surface area contributed by atoms with Crippen LogP contribution in [0.3, 0.4) is 0 Å². The number of fused-ring (bicyclic) bond motifs is 1. The van der Waals surface area contributed by atoms with Crippen molar-refractivity contribution < 1.29 is 4.74 Å². The molecule has 0 aromatic carbocycles. The van der Waals surface area contributed by atoms with Crippen molar-refractivity contribution in [2.75, 3.05) is 6.61 Å². The zero-order valence-corrected chi connectivity index (χ0v) is 12.7. The Labute approximate surface area is 136 Å². The van der Waals surface area contributed by atoms with Gasteiger partial charge in [-0.3, -0.25) is 14.6 Å². The first-order chi connectivity index (χ1) is 11.7. The van der Waals surface area contributed by atoms with E-state index in [4.69, 9.17) is 10.00 Å². The second-order valence-electron chi connectivity index (χ2n) is 5.16. The van der Waals surface area contributed by atoms with Crippen LogP contribution in [0.25, 0.3) is 10.9 Å². The number of nitrogens with one attached hydrogen (secondary N) is 1. The summed E-state index contributed by atoms with van der Waals surface area (Å²) in [6.07, 6.45) is 5.55. The molecule has 0 aliphatic carbocycles. The molecule has 3 aromatic heterocycles. The number of hydrogen-bond acceptors (Lipinski definition) is 5. The summed E-state index contributed by atoms with van der Waals surface area (Å²) in [6.45, 7) is 0.918. The fourth-order valence-electron chi connectivity index (χ4n) is 2.36. The third-order valence-corrected chi connectivity index (χ3v) is 3.55. The molecule has 24 heavy (non-hydrogen) atoms. The summed E-state index contributed by atoms with van der Waals surface area (Å²) in [5, 5.41) is 9.24. The molecule has 0 saturated heterocycles.